The van der Waals surface area contributed by atoms with Gasteiger partial charge < -0.3 is 17.8 Å². The van der Waals surface area contributed by atoms with Crippen molar-refractivity contribution in [2.45, 2.75) is 122 Å². The van der Waals surface area contributed by atoms with E-state index in [9.17, 15) is 0 Å². The molecule has 6 saturated carbocycles. The monoisotopic (exact) mass is 505 g/mol. The molecule has 0 aromatic rings. The Morgan fingerprint density at radius 1 is 0.412 bits per heavy atom. The summed E-state index contributed by atoms with van der Waals surface area (Å²) in [5, 5.41) is 0. The van der Waals surface area contributed by atoms with Crippen LogP contribution in [0, 0.1) is 87.3 Å². The zero-order valence-corrected chi connectivity index (χ0v) is 26.1. The molecule has 195 valence electrons. The summed E-state index contributed by atoms with van der Waals surface area (Å²) in [6, 6.07) is 0. The van der Waals surface area contributed by atoms with Crippen molar-refractivity contribution in [2.75, 3.05) is 0 Å². The van der Waals surface area contributed by atoms with Crippen molar-refractivity contribution in [3.8, 4) is 0 Å². The molecule has 0 amide bonds. The van der Waals surface area contributed by atoms with Gasteiger partial charge in [0.2, 0.25) is 0 Å². The number of fused-ring (bicyclic) bond motifs is 6. The maximum Gasteiger partial charge on any atom is 3.00 e. The van der Waals surface area contributed by atoms with Gasteiger partial charge in [0.25, 0.3) is 0 Å². The van der Waals surface area contributed by atoms with Crippen molar-refractivity contribution in [1.29, 1.82) is 0 Å². The molecule has 0 spiro atoms. The third kappa shape index (κ3) is 4.53. The second-order valence-electron chi connectivity index (χ2n) is 15.5. The van der Waals surface area contributed by atoms with Gasteiger partial charge in [0.05, 0.1) is 0 Å². The van der Waals surface area contributed by atoms with Crippen LogP contribution >= 0.6 is 0 Å². The minimum atomic E-state index is 0. The Bertz CT molecular complexity index is 596. The normalized spacial score (nSPS) is 47.1. The average molecular weight is 506 g/mol. The molecule has 6 fully saturated rings. The second-order valence-corrected chi connectivity index (χ2v) is 15.5. The van der Waals surface area contributed by atoms with Gasteiger partial charge in [-0.15, -0.1) is 0 Å². The van der Waals surface area contributed by atoms with Crippen molar-refractivity contribution in [3.63, 3.8) is 0 Å². The predicted molar refractivity (Wildman–Crippen MR) is 144 cm³/mol. The van der Waals surface area contributed by atoms with E-state index in [4.69, 9.17) is 0 Å². The van der Waals surface area contributed by atoms with Gasteiger partial charge in [0, 0.05) is 0 Å². The summed E-state index contributed by atoms with van der Waals surface area (Å²) in [5.74, 6) is 14.3. The van der Waals surface area contributed by atoms with Crippen LogP contribution in [0.5, 0.6) is 0 Å². The number of hydrogen-bond donors (Lipinski definition) is 0. The van der Waals surface area contributed by atoms with Gasteiger partial charge in [0.1, 0.15) is 0 Å². The van der Waals surface area contributed by atoms with Gasteiger partial charge in [-0.1, -0.05) is 136 Å². The first-order chi connectivity index (χ1) is 15.1. The quantitative estimate of drug-likeness (QED) is 0.287. The van der Waals surface area contributed by atoms with Crippen molar-refractivity contribution < 1.29 is 17.4 Å². The zero-order valence-electron chi connectivity index (χ0n) is 24.8. The largest absolute Gasteiger partial charge is 3.00 e. The maximum atomic E-state index is 2.44. The standard InChI is InChI=1S/3C11H19.Cr/c3*1-7-5-9-6-10(7)8(2)11(9,3)4;/h3*7-8,10H,5-6H2,1-4H3;/q3*-1;+3. The third-order valence-corrected chi connectivity index (χ3v) is 13.4. The van der Waals surface area contributed by atoms with Crippen LogP contribution < -0.4 is 0 Å². The maximum absolute atomic E-state index is 2.44. The molecule has 0 nitrogen and oxygen atoms in total. The topological polar surface area (TPSA) is 0 Å². The van der Waals surface area contributed by atoms with Gasteiger partial charge in [-0.3, -0.25) is 0 Å². The molecular weight excluding hydrogens is 448 g/mol. The molecule has 6 bridgehead atoms. The fourth-order valence-electron chi connectivity index (χ4n) is 9.49. The van der Waals surface area contributed by atoms with Gasteiger partial charge in [-0.25, -0.2) is 0 Å². The molecule has 6 aliphatic carbocycles. The molecule has 0 aliphatic heterocycles. The smallest absolute Gasteiger partial charge is 0.307 e. The first-order valence-corrected chi connectivity index (χ1v) is 14.7. The Morgan fingerprint density at radius 2 is 0.618 bits per heavy atom. The number of hydrogen-bond acceptors (Lipinski definition) is 0. The summed E-state index contributed by atoms with van der Waals surface area (Å²) in [6.07, 6.45) is 8.58. The third-order valence-electron chi connectivity index (χ3n) is 13.4. The van der Waals surface area contributed by atoms with Crippen molar-refractivity contribution in [2.24, 2.45) is 69.5 Å². The van der Waals surface area contributed by atoms with Crippen molar-refractivity contribution in [1.82, 2.24) is 0 Å². The molecule has 9 unspecified atom stereocenters. The summed E-state index contributed by atoms with van der Waals surface area (Å²) in [7, 11) is 0. The van der Waals surface area contributed by atoms with E-state index in [0.29, 0.717) is 16.2 Å². The van der Waals surface area contributed by atoms with Crippen molar-refractivity contribution in [3.05, 3.63) is 17.8 Å². The van der Waals surface area contributed by atoms with E-state index in [1.165, 1.54) is 38.5 Å². The molecule has 0 N–H and O–H groups in total. The first-order valence-electron chi connectivity index (χ1n) is 14.7. The fraction of sp³-hybridized carbons (Fsp3) is 0.909. The summed E-state index contributed by atoms with van der Waals surface area (Å²) in [4.78, 5) is 0. The van der Waals surface area contributed by atoms with Crippen LogP contribution in [0.4, 0.5) is 0 Å². The summed E-state index contributed by atoms with van der Waals surface area (Å²) < 4.78 is 0. The predicted octanol–water partition coefficient (Wildman–Crippen LogP) is 9.85. The van der Waals surface area contributed by atoms with Crippen LogP contribution in [-0.4, -0.2) is 0 Å². The van der Waals surface area contributed by atoms with E-state index in [2.05, 4.69) is 83.1 Å². The second kappa shape index (κ2) is 9.69. The van der Waals surface area contributed by atoms with Crippen LogP contribution in [0.25, 0.3) is 0 Å². The summed E-state index contributed by atoms with van der Waals surface area (Å²) in [5.41, 5.74) is 1.70. The Labute approximate surface area is 225 Å². The van der Waals surface area contributed by atoms with Crippen LogP contribution in [0.2, 0.25) is 0 Å². The van der Waals surface area contributed by atoms with Gasteiger partial charge in [-0.2, -0.15) is 54.8 Å². The van der Waals surface area contributed by atoms with E-state index in [1.54, 1.807) is 0 Å². The molecule has 0 aromatic carbocycles. The Kier molecular flexibility index (Phi) is 8.29. The Morgan fingerprint density at radius 3 is 0.735 bits per heavy atom. The summed E-state index contributed by atoms with van der Waals surface area (Å²) in [6.45, 7) is 29.2. The molecule has 1 heteroatoms. The minimum Gasteiger partial charge on any atom is -0.307 e. The minimum absolute atomic E-state index is 0. The van der Waals surface area contributed by atoms with Crippen LogP contribution in [0.1, 0.15) is 122 Å². The Balaban J connectivity index is 0.000000141. The average Bonchev–Trinajstić information content (AvgIpc) is 3.51. The SMILES string of the molecule is CC1C[C-]2CC1C(C)C2(C)C.CC1C[C-]2CC1C(C)C2(C)C.CC1C[C-]2CC1C(C)C2(C)C.[Cr+3]. The summed E-state index contributed by atoms with van der Waals surface area (Å²) >= 11 is 0. The van der Waals surface area contributed by atoms with E-state index in [1.807, 2.05) is 17.8 Å². The van der Waals surface area contributed by atoms with E-state index in [0.717, 1.165) is 53.3 Å². The molecule has 6 rings (SSSR count). The molecule has 9 atom stereocenters. The van der Waals surface area contributed by atoms with Gasteiger partial charge >= 0.3 is 17.4 Å². The van der Waals surface area contributed by atoms with Crippen LogP contribution in [0.3, 0.4) is 0 Å². The molecule has 34 heavy (non-hydrogen) atoms. The molecule has 0 saturated heterocycles. The first kappa shape index (κ1) is 29.1. The Hall–Kier alpha value is 0.532. The van der Waals surface area contributed by atoms with Crippen LogP contribution in [-0.2, 0) is 17.4 Å². The van der Waals surface area contributed by atoms with E-state index < -0.39 is 0 Å². The fourth-order valence-corrected chi connectivity index (χ4v) is 9.49. The van der Waals surface area contributed by atoms with Crippen molar-refractivity contribution >= 4 is 0 Å². The molecule has 0 aromatic heterocycles. The number of rotatable bonds is 0. The molecule has 0 heterocycles. The molecular formula is C33H57Cr. The van der Waals surface area contributed by atoms with Crippen LogP contribution in [0.15, 0.2) is 0 Å². The van der Waals surface area contributed by atoms with E-state index >= 15 is 0 Å². The zero-order chi connectivity index (χ0) is 24.7. The van der Waals surface area contributed by atoms with E-state index in [-0.39, 0.29) is 17.4 Å². The molecule has 1 radical (unpaired) electrons. The van der Waals surface area contributed by atoms with Gasteiger partial charge in [-0.05, 0) is 0 Å². The van der Waals surface area contributed by atoms with Gasteiger partial charge in [0.15, 0.2) is 0 Å². The molecule has 6 aliphatic rings.